The number of hydrogen-bond donors (Lipinski definition) is 1. The number of rotatable bonds is 8. The predicted molar refractivity (Wildman–Crippen MR) is 171 cm³/mol. The van der Waals surface area contributed by atoms with E-state index in [1.165, 1.54) is 11.8 Å². The van der Waals surface area contributed by atoms with Gasteiger partial charge in [0.2, 0.25) is 11.8 Å². The maximum Gasteiger partial charge on any atom is 0.248 e. The van der Waals surface area contributed by atoms with Gasteiger partial charge in [-0.2, -0.15) is 0 Å². The first kappa shape index (κ1) is 33.9. The molecule has 3 saturated heterocycles. The Morgan fingerprint density at radius 1 is 0.933 bits per heavy atom. The maximum atomic E-state index is 14.3. The lowest BCUT2D eigenvalue weighted by atomic mass is 9.72. The fraction of sp³-hybridized carbons (Fsp3) is 0.588. The standard InChI is InChI=1S/C34H43F2N3O4S.ClH/c1-44(42,43)27-9-7-24(8-10-27)23-39-20-17-33(32(39)41)15-18-38(19-16-33)30(31(40)26-11-13-34(35,36)14-12-26)29-22-37-21-28(29)25-5-3-2-4-6-25;/h2-10,26,28-30,37H,11-23H2,1H3;1H/t28-,29-,30?;/m1./s1. The number of Topliss-reactive ketones (excluding diaryl/α,β-unsaturated/α-hetero) is 1. The highest BCUT2D eigenvalue weighted by atomic mass is 35.5. The van der Waals surface area contributed by atoms with Gasteiger partial charge < -0.3 is 10.2 Å². The van der Waals surface area contributed by atoms with Crippen molar-refractivity contribution in [3.8, 4) is 0 Å². The second-order valence-corrected chi connectivity index (χ2v) is 15.5. The van der Waals surface area contributed by atoms with Crippen molar-refractivity contribution in [1.29, 1.82) is 0 Å². The van der Waals surface area contributed by atoms with Gasteiger partial charge in [0.05, 0.1) is 16.4 Å². The average Bonchev–Trinajstić information content (AvgIpc) is 3.60. The van der Waals surface area contributed by atoms with Gasteiger partial charge in [0.15, 0.2) is 15.6 Å². The van der Waals surface area contributed by atoms with E-state index < -0.39 is 21.2 Å². The van der Waals surface area contributed by atoms with E-state index >= 15 is 0 Å². The summed E-state index contributed by atoms with van der Waals surface area (Å²) in [6.45, 7) is 3.81. The Kier molecular flexibility index (Phi) is 10.1. The van der Waals surface area contributed by atoms with Crippen molar-refractivity contribution in [3.05, 3.63) is 65.7 Å². The number of halogens is 3. The Labute approximate surface area is 271 Å². The number of nitrogens with zero attached hydrogens (tertiary/aromatic N) is 2. The summed E-state index contributed by atoms with van der Waals surface area (Å²) in [5.41, 5.74) is 1.62. The van der Waals surface area contributed by atoms with Gasteiger partial charge in [-0.05, 0) is 68.5 Å². The van der Waals surface area contributed by atoms with Crippen molar-refractivity contribution in [2.45, 2.75) is 74.3 Å². The van der Waals surface area contributed by atoms with Crippen LogP contribution in [0.5, 0.6) is 0 Å². The first-order valence-corrected chi connectivity index (χ1v) is 17.8. The van der Waals surface area contributed by atoms with Crippen LogP contribution in [0.3, 0.4) is 0 Å². The Hall–Kier alpha value is -2.40. The van der Waals surface area contributed by atoms with Crippen molar-refractivity contribution in [2.24, 2.45) is 17.3 Å². The molecule has 2 aromatic rings. The van der Waals surface area contributed by atoms with E-state index in [0.29, 0.717) is 45.6 Å². The third-order valence-electron chi connectivity index (χ3n) is 10.8. The molecule has 0 radical (unpaired) electrons. The molecule has 1 spiro atoms. The molecule has 1 unspecified atom stereocenters. The van der Waals surface area contributed by atoms with Crippen LogP contribution < -0.4 is 5.32 Å². The smallest absolute Gasteiger partial charge is 0.248 e. The molecule has 4 fully saturated rings. The topological polar surface area (TPSA) is 86.8 Å². The zero-order chi connectivity index (χ0) is 31.1. The van der Waals surface area contributed by atoms with Crippen LogP contribution in [0.1, 0.15) is 62.0 Å². The van der Waals surface area contributed by atoms with Crippen LogP contribution in [0.15, 0.2) is 59.5 Å². The molecule has 45 heavy (non-hydrogen) atoms. The molecular formula is C34H44ClF2N3O4S. The molecule has 3 atom stereocenters. The molecule has 3 aliphatic heterocycles. The van der Waals surface area contributed by atoms with E-state index in [-0.39, 0.29) is 78.5 Å². The molecule has 4 aliphatic rings. The van der Waals surface area contributed by atoms with E-state index in [1.54, 1.807) is 24.3 Å². The van der Waals surface area contributed by atoms with E-state index in [9.17, 15) is 26.8 Å². The molecule has 246 valence electrons. The van der Waals surface area contributed by atoms with Gasteiger partial charge in [-0.25, -0.2) is 17.2 Å². The molecule has 11 heteroatoms. The number of carbonyl (C=O) groups is 2. The van der Waals surface area contributed by atoms with Gasteiger partial charge in [-0.15, -0.1) is 12.4 Å². The third kappa shape index (κ3) is 7.14. The summed E-state index contributed by atoms with van der Waals surface area (Å²) in [5.74, 6) is -2.62. The van der Waals surface area contributed by atoms with Crippen LogP contribution >= 0.6 is 12.4 Å². The lowest BCUT2D eigenvalue weighted by Crippen LogP contribution is -2.55. The number of hydrogen-bond acceptors (Lipinski definition) is 6. The number of likely N-dealkylation sites (tertiary alicyclic amines) is 2. The van der Waals surface area contributed by atoms with Crippen LogP contribution in [0, 0.1) is 17.3 Å². The third-order valence-corrected chi connectivity index (χ3v) is 11.9. The summed E-state index contributed by atoms with van der Waals surface area (Å²) < 4.78 is 51.7. The highest BCUT2D eigenvalue weighted by Crippen LogP contribution is 2.45. The van der Waals surface area contributed by atoms with E-state index in [1.807, 2.05) is 23.1 Å². The first-order chi connectivity index (χ1) is 21.0. The fourth-order valence-electron chi connectivity index (χ4n) is 8.12. The van der Waals surface area contributed by atoms with Crippen LogP contribution in [-0.2, 0) is 26.0 Å². The first-order valence-electron chi connectivity index (χ1n) is 16.0. The molecule has 1 aliphatic carbocycles. The Morgan fingerprint density at radius 3 is 2.18 bits per heavy atom. The van der Waals surface area contributed by atoms with E-state index in [0.717, 1.165) is 18.5 Å². The maximum absolute atomic E-state index is 14.3. The Balaban J connectivity index is 0.00000400. The van der Waals surface area contributed by atoms with E-state index in [2.05, 4.69) is 22.3 Å². The summed E-state index contributed by atoms with van der Waals surface area (Å²) in [7, 11) is -3.28. The molecule has 1 saturated carbocycles. The number of piperidine rings is 1. The largest absolute Gasteiger partial charge is 0.338 e. The summed E-state index contributed by atoms with van der Waals surface area (Å²) >= 11 is 0. The number of sulfone groups is 1. The lowest BCUT2D eigenvalue weighted by molar-refractivity contribution is -0.141. The predicted octanol–water partition coefficient (Wildman–Crippen LogP) is 5.09. The van der Waals surface area contributed by atoms with Crippen molar-refractivity contribution in [3.63, 3.8) is 0 Å². The summed E-state index contributed by atoms with van der Waals surface area (Å²) in [6, 6.07) is 16.6. The molecule has 0 bridgehead atoms. The molecule has 2 aromatic carbocycles. The highest BCUT2D eigenvalue weighted by molar-refractivity contribution is 7.90. The van der Waals surface area contributed by atoms with Crippen LogP contribution in [0.2, 0.25) is 0 Å². The zero-order valence-corrected chi connectivity index (χ0v) is 27.4. The number of amides is 1. The molecule has 1 N–H and O–H groups in total. The van der Waals surface area contributed by atoms with Crippen LogP contribution in [0.25, 0.3) is 0 Å². The molecule has 1 amide bonds. The van der Waals surface area contributed by atoms with Gasteiger partial charge in [-0.1, -0.05) is 42.5 Å². The number of nitrogens with one attached hydrogen (secondary N) is 1. The second-order valence-electron chi connectivity index (χ2n) is 13.5. The fourth-order valence-corrected chi connectivity index (χ4v) is 8.75. The zero-order valence-electron chi connectivity index (χ0n) is 25.8. The van der Waals surface area contributed by atoms with Gasteiger partial charge in [-0.3, -0.25) is 14.5 Å². The summed E-state index contributed by atoms with van der Waals surface area (Å²) in [5, 5.41) is 3.51. The van der Waals surface area contributed by atoms with Gasteiger partial charge in [0, 0.05) is 63.0 Å². The number of ketones is 1. The molecule has 3 heterocycles. The SMILES string of the molecule is CS(=O)(=O)c1ccc(CN2CCC3(CCN(C(C(=O)C4CCC(F)(F)CC4)[C@@H]4CNC[C@@H]4c4ccccc4)CC3)C2=O)cc1.Cl. The summed E-state index contributed by atoms with van der Waals surface area (Å²) in [6.07, 6.45) is 3.27. The van der Waals surface area contributed by atoms with Crippen molar-refractivity contribution >= 4 is 33.9 Å². The Morgan fingerprint density at radius 2 is 1.56 bits per heavy atom. The van der Waals surface area contributed by atoms with Crippen molar-refractivity contribution in [2.75, 3.05) is 39.0 Å². The molecule has 7 nitrogen and oxygen atoms in total. The second kappa shape index (κ2) is 13.4. The minimum Gasteiger partial charge on any atom is -0.338 e. The monoisotopic (exact) mass is 663 g/mol. The Bertz CT molecular complexity index is 1460. The molecule has 6 rings (SSSR count). The molecule has 0 aromatic heterocycles. The highest BCUT2D eigenvalue weighted by Gasteiger charge is 2.51. The lowest BCUT2D eigenvalue weighted by Gasteiger charge is -2.45. The van der Waals surface area contributed by atoms with Gasteiger partial charge in [0.1, 0.15) is 0 Å². The normalized spacial score (nSPS) is 26.1. The average molecular weight is 664 g/mol. The molecular weight excluding hydrogens is 620 g/mol. The van der Waals surface area contributed by atoms with Gasteiger partial charge in [0.25, 0.3) is 0 Å². The van der Waals surface area contributed by atoms with Crippen LogP contribution in [-0.4, -0.2) is 80.9 Å². The number of benzene rings is 2. The van der Waals surface area contributed by atoms with Gasteiger partial charge >= 0.3 is 0 Å². The van der Waals surface area contributed by atoms with Crippen molar-refractivity contribution < 1.29 is 26.8 Å². The number of carbonyl (C=O) groups excluding carboxylic acids is 2. The van der Waals surface area contributed by atoms with Crippen LogP contribution in [0.4, 0.5) is 8.78 Å². The minimum absolute atomic E-state index is 0. The summed E-state index contributed by atoms with van der Waals surface area (Å²) in [4.78, 5) is 32.5. The minimum atomic E-state index is -3.28. The quantitative estimate of drug-likeness (QED) is 0.424. The van der Waals surface area contributed by atoms with E-state index in [4.69, 9.17) is 0 Å². The number of alkyl halides is 2. The van der Waals surface area contributed by atoms with Crippen molar-refractivity contribution in [1.82, 2.24) is 15.1 Å².